The number of hydrogen-bond donors (Lipinski definition) is 2. The van der Waals surface area contributed by atoms with E-state index in [1.54, 1.807) is 30.3 Å². The quantitative estimate of drug-likeness (QED) is 0.665. The first kappa shape index (κ1) is 13.3. The van der Waals surface area contributed by atoms with Gasteiger partial charge in [0.05, 0.1) is 11.1 Å². The van der Waals surface area contributed by atoms with Crippen molar-refractivity contribution in [2.24, 2.45) is 0 Å². The van der Waals surface area contributed by atoms with Crippen molar-refractivity contribution in [2.45, 2.75) is 0 Å². The maximum atomic E-state index is 11.1. The fourth-order valence-corrected chi connectivity index (χ4v) is 1.68. The Morgan fingerprint density at radius 1 is 0.941 bits per heavy atom. The number of carboxylic acids is 2. The number of aromatic carboxylic acids is 2. The molecule has 0 spiro atoms. The van der Waals surface area contributed by atoms with E-state index in [4.69, 9.17) is 10.2 Å². The van der Waals surface area contributed by atoms with Crippen molar-refractivity contribution < 1.29 is 40.1 Å². The van der Waals surface area contributed by atoms with E-state index in [9.17, 15) is 9.59 Å². The molecule has 0 aromatic heterocycles. The van der Waals surface area contributed by atoms with Crippen LogP contribution in [0.4, 0.5) is 0 Å². The van der Waals surface area contributed by atoms with Gasteiger partial charge in [0.25, 0.3) is 0 Å². The maximum Gasteiger partial charge on any atom is 1.00 e. The molecule has 17 heavy (non-hydrogen) atoms. The Kier molecular flexibility index (Phi) is 3.95. The summed E-state index contributed by atoms with van der Waals surface area (Å²) in [7, 11) is 0. The number of hydrogen-bond acceptors (Lipinski definition) is 2. The summed E-state index contributed by atoms with van der Waals surface area (Å²) >= 11 is 0. The summed E-state index contributed by atoms with van der Waals surface area (Å²) in [5, 5.41) is 19.1. The van der Waals surface area contributed by atoms with Crippen molar-refractivity contribution in [1.82, 2.24) is 0 Å². The molecule has 0 heterocycles. The van der Waals surface area contributed by atoms with Crippen LogP contribution >= 0.6 is 0 Å². The van der Waals surface area contributed by atoms with Crippen molar-refractivity contribution >= 4 is 22.7 Å². The van der Waals surface area contributed by atoms with Gasteiger partial charge in [-0.1, -0.05) is 30.3 Å². The fraction of sp³-hybridized carbons (Fsp3) is 0. The topological polar surface area (TPSA) is 74.6 Å². The summed E-state index contributed by atoms with van der Waals surface area (Å²) in [4.78, 5) is 22.0. The molecule has 0 amide bonds. The molecule has 5 heteroatoms. The number of rotatable bonds is 2. The van der Waals surface area contributed by atoms with Crippen LogP contribution in [0.3, 0.4) is 0 Å². The molecule has 0 bridgehead atoms. The Balaban J connectivity index is 0.00000144. The van der Waals surface area contributed by atoms with Crippen molar-refractivity contribution in [3.05, 3.63) is 47.5 Å². The molecule has 0 fully saturated rings. The molecule has 2 rings (SSSR count). The van der Waals surface area contributed by atoms with Crippen molar-refractivity contribution in [3.8, 4) is 0 Å². The molecule has 82 valence electrons. The van der Waals surface area contributed by atoms with Gasteiger partial charge in [-0.25, -0.2) is 9.59 Å². The van der Waals surface area contributed by atoms with Gasteiger partial charge in [-0.05, 0) is 16.8 Å². The van der Waals surface area contributed by atoms with Gasteiger partial charge < -0.3 is 11.6 Å². The van der Waals surface area contributed by atoms with Gasteiger partial charge in [-0.15, -0.1) is 0 Å². The smallest absolute Gasteiger partial charge is 1.00 e. The average molecular weight is 224 g/mol. The van der Waals surface area contributed by atoms with Crippen LogP contribution in [0.5, 0.6) is 0 Å². The molecule has 2 aromatic carbocycles. The zero-order valence-electron chi connectivity index (χ0n) is 10.2. The van der Waals surface area contributed by atoms with Crippen LogP contribution in [0, 0.1) is 0 Å². The van der Waals surface area contributed by atoms with Gasteiger partial charge >= 0.3 is 30.8 Å². The molecule has 4 nitrogen and oxygen atoms in total. The van der Waals surface area contributed by atoms with E-state index in [0.717, 1.165) is 0 Å². The molecule has 0 radical (unpaired) electrons. The summed E-state index contributed by atoms with van der Waals surface area (Å²) in [6, 6.07) is 9.72. The molecule has 0 saturated carbocycles. The van der Waals surface area contributed by atoms with Gasteiger partial charge in [-0.3, -0.25) is 0 Å². The van der Waals surface area contributed by atoms with Crippen LogP contribution in [0.25, 0.3) is 10.8 Å². The van der Waals surface area contributed by atoms with Crippen LogP contribution in [-0.4, -0.2) is 22.2 Å². The maximum absolute atomic E-state index is 11.1. The summed E-state index contributed by atoms with van der Waals surface area (Å²) in [5.74, 6) is -2.46. The Bertz CT molecular complexity index is 598. The SMILES string of the molecule is O=C(O)c1ccc2ccccc2c1C(=O)O.[H-].[Li+]. The van der Waals surface area contributed by atoms with Gasteiger partial charge in [-0.2, -0.15) is 0 Å². The van der Waals surface area contributed by atoms with Gasteiger partial charge in [0, 0.05) is 0 Å². The van der Waals surface area contributed by atoms with Crippen LogP contribution in [0.2, 0.25) is 0 Å². The van der Waals surface area contributed by atoms with Crippen molar-refractivity contribution in [1.29, 1.82) is 0 Å². The molecule has 0 unspecified atom stereocenters. The molecule has 2 aromatic rings. The van der Waals surface area contributed by atoms with Crippen molar-refractivity contribution in [2.75, 3.05) is 0 Å². The van der Waals surface area contributed by atoms with E-state index in [2.05, 4.69) is 0 Å². The van der Waals surface area contributed by atoms with Crippen LogP contribution in [0.15, 0.2) is 36.4 Å². The summed E-state index contributed by atoms with van der Waals surface area (Å²) in [6.07, 6.45) is 0. The normalized spacial score (nSPS) is 9.65. The predicted octanol–water partition coefficient (Wildman–Crippen LogP) is -0.647. The van der Waals surface area contributed by atoms with Crippen LogP contribution in [0.1, 0.15) is 22.1 Å². The van der Waals surface area contributed by atoms with Gasteiger partial charge in [0.15, 0.2) is 0 Å². The number of carbonyl (C=O) groups is 2. The third-order valence-corrected chi connectivity index (χ3v) is 2.37. The Hall–Kier alpha value is -1.76. The van der Waals surface area contributed by atoms with E-state index in [-0.39, 0.29) is 31.4 Å². The zero-order valence-corrected chi connectivity index (χ0v) is 9.18. The standard InChI is InChI=1S/C12H8O4.Li.H/c13-11(14)9-6-5-7-3-1-2-4-8(7)10(9)12(15)16;;/h1-6H,(H,13,14)(H,15,16);;/q;+1;-1. The van der Waals surface area contributed by atoms with E-state index < -0.39 is 11.9 Å². The largest absolute Gasteiger partial charge is 1.00 e. The molecule has 0 aliphatic rings. The number of benzene rings is 2. The molecule has 0 atom stereocenters. The fourth-order valence-electron chi connectivity index (χ4n) is 1.68. The van der Waals surface area contributed by atoms with Crippen molar-refractivity contribution in [3.63, 3.8) is 0 Å². The van der Waals surface area contributed by atoms with E-state index in [1.165, 1.54) is 6.07 Å². The monoisotopic (exact) mass is 224 g/mol. The second-order valence-corrected chi connectivity index (χ2v) is 3.32. The first-order valence-corrected chi connectivity index (χ1v) is 4.59. The first-order valence-electron chi connectivity index (χ1n) is 4.59. The van der Waals surface area contributed by atoms with Crippen LogP contribution in [-0.2, 0) is 0 Å². The van der Waals surface area contributed by atoms with Gasteiger partial charge in [0.2, 0.25) is 0 Å². The molecule has 0 saturated heterocycles. The number of carboxylic acid groups (broad SMARTS) is 2. The Morgan fingerprint density at radius 2 is 1.59 bits per heavy atom. The zero-order chi connectivity index (χ0) is 11.7. The summed E-state index contributed by atoms with van der Waals surface area (Å²) < 4.78 is 0. The second-order valence-electron chi connectivity index (χ2n) is 3.32. The molecule has 0 aliphatic carbocycles. The third kappa shape index (κ3) is 2.33. The van der Waals surface area contributed by atoms with E-state index in [1.807, 2.05) is 0 Å². The van der Waals surface area contributed by atoms with Gasteiger partial charge in [0.1, 0.15) is 0 Å². The minimum Gasteiger partial charge on any atom is -1.00 e. The minimum atomic E-state index is -1.23. The molecule has 2 N–H and O–H groups in total. The summed E-state index contributed by atoms with van der Waals surface area (Å²) in [6.45, 7) is 0. The molecular weight excluding hydrogens is 215 g/mol. The Morgan fingerprint density at radius 3 is 2.18 bits per heavy atom. The van der Waals surface area contributed by atoms with E-state index >= 15 is 0 Å². The third-order valence-electron chi connectivity index (χ3n) is 2.37. The minimum absolute atomic E-state index is 0. The number of fused-ring (bicyclic) bond motifs is 1. The van der Waals surface area contributed by atoms with Crippen LogP contribution < -0.4 is 18.9 Å². The Labute approximate surface area is 111 Å². The predicted molar refractivity (Wildman–Crippen MR) is 59.0 cm³/mol. The first-order chi connectivity index (χ1) is 7.61. The molecule has 0 aliphatic heterocycles. The average Bonchev–Trinajstić information content (AvgIpc) is 2.27. The van der Waals surface area contributed by atoms with E-state index in [0.29, 0.717) is 10.8 Å². The second kappa shape index (κ2) is 5.05. The summed E-state index contributed by atoms with van der Waals surface area (Å²) in [5.41, 5.74) is -0.350. The molecular formula is C12H9LiO4.